The van der Waals surface area contributed by atoms with Crippen molar-refractivity contribution < 1.29 is 19.1 Å². The third-order valence-corrected chi connectivity index (χ3v) is 2.50. The van der Waals surface area contributed by atoms with Crippen LogP contribution in [0.3, 0.4) is 0 Å². The predicted molar refractivity (Wildman–Crippen MR) is 69.8 cm³/mol. The van der Waals surface area contributed by atoms with Gasteiger partial charge in [0.15, 0.2) is 0 Å². The number of hydrogen-bond donors (Lipinski definition) is 3. The van der Waals surface area contributed by atoms with E-state index in [4.69, 9.17) is 16.7 Å². The molecule has 1 unspecified atom stereocenters. The van der Waals surface area contributed by atoms with Crippen molar-refractivity contribution in [3.63, 3.8) is 0 Å². The minimum atomic E-state index is -1.18. The number of hydrogen-bond acceptors (Lipinski definition) is 2. The zero-order valence-electron chi connectivity index (χ0n) is 9.82. The smallest absolute Gasteiger partial charge is 0.326 e. The fourth-order valence-electron chi connectivity index (χ4n) is 1.30. The fourth-order valence-corrected chi connectivity index (χ4v) is 1.51. The van der Waals surface area contributed by atoms with Crippen molar-refractivity contribution >= 4 is 29.3 Å². The molecule has 7 heteroatoms. The molecule has 0 aliphatic carbocycles. The van der Waals surface area contributed by atoms with Gasteiger partial charge in [0.2, 0.25) is 0 Å². The number of carboxylic acids is 1. The van der Waals surface area contributed by atoms with Gasteiger partial charge in [-0.05, 0) is 24.6 Å². The molecule has 0 saturated carbocycles. The Balaban J connectivity index is 2.68. The van der Waals surface area contributed by atoms with Crippen molar-refractivity contribution in [2.45, 2.75) is 12.5 Å². The van der Waals surface area contributed by atoms with Crippen LogP contribution in [0.15, 0.2) is 30.9 Å². The molecule has 0 heterocycles. The number of urea groups is 1. The summed E-state index contributed by atoms with van der Waals surface area (Å²) in [4.78, 5) is 22.4. The van der Waals surface area contributed by atoms with Crippen LogP contribution in [-0.2, 0) is 4.79 Å². The number of carboxylic acid groups (broad SMARTS) is 1. The molecule has 0 aliphatic heterocycles. The van der Waals surface area contributed by atoms with Crippen LogP contribution in [0.2, 0.25) is 5.02 Å². The SMILES string of the molecule is C=CCC(NC(=O)Nc1ccc(F)cc1Cl)C(=O)O. The monoisotopic (exact) mass is 286 g/mol. The number of benzene rings is 1. The Kier molecular flexibility index (Phi) is 5.32. The summed E-state index contributed by atoms with van der Waals surface area (Å²) in [7, 11) is 0. The van der Waals surface area contributed by atoms with E-state index < -0.39 is 23.9 Å². The number of nitrogens with one attached hydrogen (secondary N) is 2. The number of anilines is 1. The number of aliphatic carboxylic acids is 1. The van der Waals surface area contributed by atoms with E-state index in [1.165, 1.54) is 12.1 Å². The van der Waals surface area contributed by atoms with Gasteiger partial charge >= 0.3 is 12.0 Å². The summed E-state index contributed by atoms with van der Waals surface area (Å²) in [5, 5.41) is 13.4. The number of carbonyl (C=O) groups excluding carboxylic acids is 1. The van der Waals surface area contributed by atoms with Gasteiger partial charge in [-0.1, -0.05) is 17.7 Å². The summed E-state index contributed by atoms with van der Waals surface area (Å²) < 4.78 is 12.8. The van der Waals surface area contributed by atoms with Crippen molar-refractivity contribution in [2.75, 3.05) is 5.32 Å². The van der Waals surface area contributed by atoms with Gasteiger partial charge in [0.05, 0.1) is 10.7 Å². The van der Waals surface area contributed by atoms with E-state index >= 15 is 0 Å². The Morgan fingerprint density at radius 1 is 1.53 bits per heavy atom. The highest BCUT2D eigenvalue weighted by Gasteiger charge is 2.18. The highest BCUT2D eigenvalue weighted by molar-refractivity contribution is 6.33. The lowest BCUT2D eigenvalue weighted by atomic mass is 10.2. The molecule has 2 amide bonds. The van der Waals surface area contributed by atoms with E-state index in [0.29, 0.717) is 0 Å². The lowest BCUT2D eigenvalue weighted by Gasteiger charge is -2.14. The Hall–Kier alpha value is -2.08. The third-order valence-electron chi connectivity index (χ3n) is 2.19. The molecule has 5 nitrogen and oxygen atoms in total. The van der Waals surface area contributed by atoms with Crippen molar-refractivity contribution in [3.8, 4) is 0 Å². The minimum Gasteiger partial charge on any atom is -0.480 e. The standard InChI is InChI=1S/C12H12ClFN2O3/c1-2-3-10(11(17)18)16-12(19)15-9-5-4-7(14)6-8(9)13/h2,4-6,10H,1,3H2,(H,17,18)(H2,15,16,19). The highest BCUT2D eigenvalue weighted by atomic mass is 35.5. The van der Waals surface area contributed by atoms with E-state index in [2.05, 4.69) is 17.2 Å². The third kappa shape index (κ3) is 4.59. The summed E-state index contributed by atoms with van der Waals surface area (Å²) in [6.45, 7) is 3.40. The molecule has 3 N–H and O–H groups in total. The molecule has 0 saturated heterocycles. The van der Waals surface area contributed by atoms with E-state index in [0.717, 1.165) is 12.1 Å². The topological polar surface area (TPSA) is 78.4 Å². The molecule has 0 aliphatic rings. The maximum absolute atomic E-state index is 12.8. The van der Waals surface area contributed by atoms with Crippen molar-refractivity contribution in [1.82, 2.24) is 5.32 Å². The molecule has 0 fully saturated rings. The second-order valence-electron chi connectivity index (χ2n) is 3.64. The molecule has 0 spiro atoms. The zero-order valence-corrected chi connectivity index (χ0v) is 10.6. The fraction of sp³-hybridized carbons (Fsp3) is 0.167. The zero-order chi connectivity index (χ0) is 14.4. The maximum Gasteiger partial charge on any atom is 0.326 e. The quantitative estimate of drug-likeness (QED) is 0.728. The van der Waals surface area contributed by atoms with Crippen LogP contribution in [-0.4, -0.2) is 23.1 Å². The molecule has 1 aromatic carbocycles. The van der Waals surface area contributed by atoms with Gasteiger partial charge in [-0.25, -0.2) is 14.0 Å². The predicted octanol–water partition coefficient (Wildman–Crippen LogP) is 2.63. The van der Waals surface area contributed by atoms with Crippen LogP contribution in [0, 0.1) is 5.82 Å². The van der Waals surface area contributed by atoms with Gasteiger partial charge in [0.1, 0.15) is 11.9 Å². The van der Waals surface area contributed by atoms with Gasteiger partial charge in [0.25, 0.3) is 0 Å². The van der Waals surface area contributed by atoms with Gasteiger partial charge in [-0.3, -0.25) is 0 Å². The summed E-state index contributed by atoms with van der Waals surface area (Å²) in [5.41, 5.74) is 0.184. The number of halogens is 2. The molecule has 0 bridgehead atoms. The first kappa shape index (κ1) is 15.0. The number of rotatable bonds is 5. The summed E-state index contributed by atoms with van der Waals surface area (Å²) in [5.74, 6) is -1.72. The molecule has 19 heavy (non-hydrogen) atoms. The normalized spacial score (nSPS) is 11.5. The van der Waals surface area contributed by atoms with Crippen molar-refractivity contribution in [3.05, 3.63) is 41.7 Å². The van der Waals surface area contributed by atoms with E-state index in [1.54, 1.807) is 0 Å². The Morgan fingerprint density at radius 2 is 2.21 bits per heavy atom. The van der Waals surface area contributed by atoms with Crippen LogP contribution in [0.1, 0.15) is 6.42 Å². The average molecular weight is 287 g/mol. The van der Waals surface area contributed by atoms with Gasteiger partial charge < -0.3 is 15.7 Å². The van der Waals surface area contributed by atoms with Crippen molar-refractivity contribution in [2.24, 2.45) is 0 Å². The lowest BCUT2D eigenvalue weighted by Crippen LogP contribution is -2.42. The molecule has 0 aromatic heterocycles. The lowest BCUT2D eigenvalue weighted by molar-refractivity contribution is -0.139. The van der Waals surface area contributed by atoms with Crippen LogP contribution >= 0.6 is 11.6 Å². The first-order valence-electron chi connectivity index (χ1n) is 5.30. The largest absolute Gasteiger partial charge is 0.480 e. The highest BCUT2D eigenvalue weighted by Crippen LogP contribution is 2.22. The van der Waals surface area contributed by atoms with Crippen LogP contribution in [0.5, 0.6) is 0 Å². The summed E-state index contributed by atoms with van der Waals surface area (Å²) >= 11 is 5.72. The average Bonchev–Trinajstić information content (AvgIpc) is 2.32. The van der Waals surface area contributed by atoms with E-state index in [-0.39, 0.29) is 17.1 Å². The molecular weight excluding hydrogens is 275 g/mol. The van der Waals surface area contributed by atoms with E-state index in [1.807, 2.05) is 0 Å². The first-order chi connectivity index (χ1) is 8.93. The molecule has 1 rings (SSSR count). The molecule has 1 atom stereocenters. The second kappa shape index (κ2) is 6.75. The van der Waals surface area contributed by atoms with Crippen molar-refractivity contribution in [1.29, 1.82) is 0 Å². The summed E-state index contributed by atoms with van der Waals surface area (Å²) in [6.07, 6.45) is 1.46. The number of amides is 2. The second-order valence-corrected chi connectivity index (χ2v) is 4.05. The Morgan fingerprint density at radius 3 is 2.74 bits per heavy atom. The van der Waals surface area contributed by atoms with Crippen LogP contribution < -0.4 is 10.6 Å². The minimum absolute atomic E-state index is 0.0192. The molecular formula is C12H12ClFN2O3. The Bertz CT molecular complexity index is 508. The van der Waals surface area contributed by atoms with Gasteiger partial charge in [-0.2, -0.15) is 0 Å². The Labute approximate surface area is 114 Å². The number of carbonyl (C=O) groups is 2. The van der Waals surface area contributed by atoms with E-state index in [9.17, 15) is 14.0 Å². The van der Waals surface area contributed by atoms with Crippen LogP contribution in [0.25, 0.3) is 0 Å². The maximum atomic E-state index is 12.8. The molecule has 102 valence electrons. The van der Waals surface area contributed by atoms with Gasteiger partial charge in [0, 0.05) is 0 Å². The van der Waals surface area contributed by atoms with Gasteiger partial charge in [-0.15, -0.1) is 6.58 Å². The van der Waals surface area contributed by atoms with Crippen LogP contribution in [0.4, 0.5) is 14.9 Å². The first-order valence-corrected chi connectivity index (χ1v) is 5.68. The summed E-state index contributed by atoms with van der Waals surface area (Å²) in [6, 6.07) is 1.61. The molecule has 0 radical (unpaired) electrons. The molecule has 1 aromatic rings.